The quantitative estimate of drug-likeness (QED) is 0.642. The fraction of sp³-hybridized carbons (Fsp3) is 0.450. The van der Waals surface area contributed by atoms with Crippen molar-refractivity contribution in [3.8, 4) is 0 Å². The van der Waals surface area contributed by atoms with E-state index in [0.717, 1.165) is 56.2 Å². The first-order valence-electron chi connectivity index (χ1n) is 10.3. The van der Waals surface area contributed by atoms with Crippen molar-refractivity contribution in [1.82, 2.24) is 29.7 Å². The van der Waals surface area contributed by atoms with Crippen molar-refractivity contribution in [3.05, 3.63) is 42.9 Å². The molecule has 3 aromatic heterocycles. The van der Waals surface area contributed by atoms with Crippen molar-refractivity contribution in [2.24, 2.45) is 0 Å². The lowest BCUT2D eigenvalue weighted by molar-refractivity contribution is 0.0935. The van der Waals surface area contributed by atoms with Gasteiger partial charge >= 0.3 is 0 Å². The Morgan fingerprint density at radius 1 is 0.967 bits per heavy atom. The molecule has 0 spiro atoms. The summed E-state index contributed by atoms with van der Waals surface area (Å²) >= 11 is 0. The molecular formula is C20H24N8O2. The minimum Gasteiger partial charge on any atom is -0.393 e. The average Bonchev–Trinajstić information content (AvgIpc) is 3.44. The SMILES string of the molecule is O=C(N[C@H]1CCN(c2nccn3ccnc23)C1)c1cnc(N2CCC(O)CC2)cn1. The van der Waals surface area contributed by atoms with Crippen LogP contribution >= 0.6 is 0 Å². The highest BCUT2D eigenvalue weighted by Gasteiger charge is 2.27. The van der Waals surface area contributed by atoms with Gasteiger partial charge in [-0.3, -0.25) is 4.79 Å². The van der Waals surface area contributed by atoms with Crippen molar-refractivity contribution >= 4 is 23.2 Å². The van der Waals surface area contributed by atoms with Gasteiger partial charge in [0.25, 0.3) is 5.91 Å². The number of anilines is 2. The number of rotatable bonds is 4. The zero-order valence-corrected chi connectivity index (χ0v) is 16.6. The molecule has 2 fully saturated rings. The lowest BCUT2D eigenvalue weighted by Crippen LogP contribution is -2.38. The van der Waals surface area contributed by atoms with Gasteiger partial charge in [0.15, 0.2) is 11.5 Å². The van der Waals surface area contributed by atoms with Crippen molar-refractivity contribution in [3.63, 3.8) is 0 Å². The number of carbonyl (C=O) groups excluding carboxylic acids is 1. The molecule has 5 rings (SSSR count). The van der Waals surface area contributed by atoms with Crippen LogP contribution in [0, 0.1) is 0 Å². The number of aliphatic hydroxyl groups excluding tert-OH is 1. The van der Waals surface area contributed by atoms with Crippen molar-refractivity contribution in [2.45, 2.75) is 31.4 Å². The Kier molecular flexibility index (Phi) is 4.91. The summed E-state index contributed by atoms with van der Waals surface area (Å²) in [5.41, 5.74) is 1.12. The standard InChI is InChI=1S/C20H24N8O2/c29-15-2-7-26(8-3-15)17-12-23-16(11-24-17)20(30)25-14-1-6-28(13-14)19-18-21-4-9-27(18)10-5-22-19/h4-5,9-12,14-15,29H,1-3,6-8,13H2,(H,25,30)/t14-/m0/s1. The maximum atomic E-state index is 12.6. The van der Waals surface area contributed by atoms with Crippen LogP contribution in [0.1, 0.15) is 29.8 Å². The molecule has 10 nitrogen and oxygen atoms in total. The van der Waals surface area contributed by atoms with Crippen LogP contribution in [0.25, 0.3) is 5.65 Å². The Morgan fingerprint density at radius 3 is 2.50 bits per heavy atom. The van der Waals surface area contributed by atoms with Gasteiger partial charge in [0.1, 0.15) is 11.5 Å². The summed E-state index contributed by atoms with van der Waals surface area (Å²) in [5, 5.41) is 12.7. The van der Waals surface area contributed by atoms with Gasteiger partial charge in [-0.2, -0.15) is 0 Å². The van der Waals surface area contributed by atoms with Gasteiger partial charge in [0.05, 0.1) is 18.5 Å². The number of aromatic nitrogens is 5. The third-order valence-corrected chi connectivity index (χ3v) is 5.78. The van der Waals surface area contributed by atoms with Crippen molar-refractivity contribution in [1.29, 1.82) is 0 Å². The average molecular weight is 408 g/mol. The van der Waals surface area contributed by atoms with Crippen LogP contribution in [-0.4, -0.2) is 73.7 Å². The van der Waals surface area contributed by atoms with E-state index in [4.69, 9.17) is 0 Å². The molecule has 10 heteroatoms. The number of aliphatic hydroxyl groups is 1. The Bertz CT molecular complexity index is 1030. The topological polar surface area (TPSA) is 112 Å². The van der Waals surface area contributed by atoms with E-state index in [1.54, 1.807) is 18.6 Å². The molecule has 2 aliphatic heterocycles. The summed E-state index contributed by atoms with van der Waals surface area (Å²) in [6.07, 6.45) is 12.5. The van der Waals surface area contributed by atoms with Crippen LogP contribution in [0.15, 0.2) is 37.2 Å². The molecule has 2 N–H and O–H groups in total. The molecule has 0 bridgehead atoms. The summed E-state index contributed by atoms with van der Waals surface area (Å²) in [6, 6.07) is 0.0135. The first kappa shape index (κ1) is 18.7. The lowest BCUT2D eigenvalue weighted by Gasteiger charge is -2.30. The molecule has 1 atom stereocenters. The summed E-state index contributed by atoms with van der Waals surface area (Å²) in [7, 11) is 0. The van der Waals surface area contributed by atoms with E-state index in [0.29, 0.717) is 12.2 Å². The molecule has 0 saturated carbocycles. The molecule has 0 aliphatic carbocycles. The highest BCUT2D eigenvalue weighted by atomic mass is 16.3. The van der Waals surface area contributed by atoms with Crippen LogP contribution in [0.3, 0.4) is 0 Å². The van der Waals surface area contributed by atoms with E-state index in [9.17, 15) is 9.90 Å². The van der Waals surface area contributed by atoms with E-state index >= 15 is 0 Å². The first-order valence-corrected chi connectivity index (χ1v) is 10.3. The normalized spacial score (nSPS) is 20.1. The highest BCUT2D eigenvalue weighted by molar-refractivity contribution is 5.92. The number of hydrogen-bond acceptors (Lipinski definition) is 8. The fourth-order valence-electron chi connectivity index (χ4n) is 4.09. The van der Waals surface area contributed by atoms with Gasteiger partial charge in [-0.05, 0) is 19.3 Å². The molecular weight excluding hydrogens is 384 g/mol. The summed E-state index contributed by atoms with van der Waals surface area (Å²) in [4.78, 5) is 34.4. The Hall–Kier alpha value is -3.27. The second kappa shape index (κ2) is 7.86. The number of nitrogens with one attached hydrogen (secondary N) is 1. The largest absolute Gasteiger partial charge is 0.393 e. The zero-order valence-electron chi connectivity index (χ0n) is 16.6. The number of amides is 1. The number of fused-ring (bicyclic) bond motifs is 1. The van der Waals surface area contributed by atoms with E-state index in [2.05, 4.69) is 35.1 Å². The molecule has 0 aromatic carbocycles. The van der Waals surface area contributed by atoms with Gasteiger partial charge in [-0.25, -0.2) is 19.9 Å². The number of nitrogens with zero attached hydrogens (tertiary/aromatic N) is 7. The Morgan fingerprint density at radius 2 is 1.73 bits per heavy atom. The van der Waals surface area contributed by atoms with E-state index in [1.807, 2.05) is 16.8 Å². The minimum absolute atomic E-state index is 0.0135. The van der Waals surface area contributed by atoms with Crippen LogP contribution in [0.4, 0.5) is 11.6 Å². The first-order chi connectivity index (χ1) is 14.7. The maximum absolute atomic E-state index is 12.6. The third-order valence-electron chi connectivity index (χ3n) is 5.78. The number of hydrogen-bond donors (Lipinski definition) is 2. The molecule has 2 saturated heterocycles. The number of imidazole rings is 1. The predicted octanol–water partition coefficient (Wildman–Crippen LogP) is 0.489. The Balaban J connectivity index is 1.20. The summed E-state index contributed by atoms with van der Waals surface area (Å²) < 4.78 is 1.94. The number of piperidine rings is 1. The molecule has 30 heavy (non-hydrogen) atoms. The molecule has 3 aromatic rings. The molecule has 5 heterocycles. The van der Waals surface area contributed by atoms with Crippen LogP contribution in [0.5, 0.6) is 0 Å². The zero-order chi connectivity index (χ0) is 20.5. The fourth-order valence-corrected chi connectivity index (χ4v) is 4.09. The van der Waals surface area contributed by atoms with Crippen molar-refractivity contribution in [2.75, 3.05) is 36.0 Å². The van der Waals surface area contributed by atoms with E-state index in [-0.39, 0.29) is 18.1 Å². The van der Waals surface area contributed by atoms with E-state index < -0.39 is 0 Å². The molecule has 2 aliphatic rings. The highest BCUT2D eigenvalue weighted by Crippen LogP contribution is 2.22. The van der Waals surface area contributed by atoms with Gasteiger partial charge in [-0.15, -0.1) is 0 Å². The molecule has 1 amide bonds. The van der Waals surface area contributed by atoms with Gasteiger partial charge in [0, 0.05) is 57.0 Å². The molecule has 0 unspecified atom stereocenters. The molecule has 156 valence electrons. The van der Waals surface area contributed by atoms with Crippen LogP contribution in [0.2, 0.25) is 0 Å². The molecule has 0 radical (unpaired) electrons. The van der Waals surface area contributed by atoms with E-state index in [1.165, 1.54) is 6.20 Å². The summed E-state index contributed by atoms with van der Waals surface area (Å²) in [5.74, 6) is 1.35. The van der Waals surface area contributed by atoms with Gasteiger partial charge in [-0.1, -0.05) is 0 Å². The van der Waals surface area contributed by atoms with Crippen LogP contribution in [-0.2, 0) is 0 Å². The second-order valence-corrected chi connectivity index (χ2v) is 7.79. The summed E-state index contributed by atoms with van der Waals surface area (Å²) in [6.45, 7) is 2.97. The van der Waals surface area contributed by atoms with Gasteiger partial charge < -0.3 is 24.6 Å². The third kappa shape index (κ3) is 3.65. The monoisotopic (exact) mass is 408 g/mol. The maximum Gasteiger partial charge on any atom is 0.271 e. The smallest absolute Gasteiger partial charge is 0.271 e. The second-order valence-electron chi connectivity index (χ2n) is 7.79. The lowest BCUT2D eigenvalue weighted by atomic mass is 10.1. The van der Waals surface area contributed by atoms with Crippen molar-refractivity contribution < 1.29 is 9.90 Å². The number of carbonyl (C=O) groups is 1. The Labute approximate surface area is 173 Å². The van der Waals surface area contributed by atoms with Gasteiger partial charge in [0.2, 0.25) is 0 Å². The minimum atomic E-state index is -0.235. The van der Waals surface area contributed by atoms with Crippen LogP contribution < -0.4 is 15.1 Å². The predicted molar refractivity (Wildman–Crippen MR) is 111 cm³/mol.